The summed E-state index contributed by atoms with van der Waals surface area (Å²) in [5, 5.41) is 8.04. The molecular formula is C31H25F4N3O3. The van der Waals surface area contributed by atoms with E-state index in [2.05, 4.69) is 10.4 Å². The van der Waals surface area contributed by atoms with Gasteiger partial charge in [-0.2, -0.15) is 18.3 Å². The average Bonchev–Trinajstić information content (AvgIpc) is 3.39. The summed E-state index contributed by atoms with van der Waals surface area (Å²) in [6, 6.07) is 22.0. The van der Waals surface area contributed by atoms with Gasteiger partial charge in [-0.25, -0.2) is 9.07 Å². The predicted octanol–water partition coefficient (Wildman–Crippen LogP) is 7.13. The quantitative estimate of drug-likeness (QED) is 0.204. The summed E-state index contributed by atoms with van der Waals surface area (Å²) in [5.41, 5.74) is 1.45. The zero-order chi connectivity index (χ0) is 29.1. The van der Waals surface area contributed by atoms with Gasteiger partial charge in [0.1, 0.15) is 23.4 Å². The van der Waals surface area contributed by atoms with Crippen LogP contribution in [0.25, 0.3) is 16.6 Å². The standard InChI is InChI=1S/C31H25F4N3O3/c1-19(37-30(39)20-6-8-23(9-7-20)31(33,34)35)29(21-4-3-5-26(16-21)40-2)41-27-14-15-28-22(17-27)18-36-38(28)25-12-10-24(32)11-13-25/h3-19,29H,1-2H3,(H,37,39). The Balaban J connectivity index is 1.41. The molecule has 10 heteroatoms. The first-order valence-corrected chi connectivity index (χ1v) is 12.6. The summed E-state index contributed by atoms with van der Waals surface area (Å²) in [6.45, 7) is 1.75. The number of amides is 1. The van der Waals surface area contributed by atoms with Gasteiger partial charge in [0.15, 0.2) is 0 Å². The summed E-state index contributed by atoms with van der Waals surface area (Å²) in [6.07, 6.45) is -3.51. The first kappa shape index (κ1) is 27.7. The van der Waals surface area contributed by atoms with Crippen LogP contribution in [0.5, 0.6) is 11.5 Å². The molecule has 0 fully saturated rings. The molecule has 5 rings (SSSR count). The Morgan fingerprint density at radius 3 is 2.34 bits per heavy atom. The third-order valence-corrected chi connectivity index (χ3v) is 6.58. The number of ether oxygens (including phenoxy) is 2. The fraction of sp³-hybridized carbons (Fsp3) is 0.161. The van der Waals surface area contributed by atoms with E-state index in [-0.39, 0.29) is 11.4 Å². The van der Waals surface area contributed by atoms with Crippen LogP contribution in [0.3, 0.4) is 0 Å². The van der Waals surface area contributed by atoms with E-state index >= 15 is 0 Å². The molecule has 2 unspecified atom stereocenters. The molecule has 0 saturated heterocycles. The van der Waals surface area contributed by atoms with Gasteiger partial charge in [-0.3, -0.25) is 4.79 Å². The molecular weight excluding hydrogens is 538 g/mol. The second kappa shape index (κ2) is 11.3. The molecule has 1 amide bonds. The average molecular weight is 564 g/mol. The molecule has 0 radical (unpaired) electrons. The van der Waals surface area contributed by atoms with E-state index < -0.39 is 29.8 Å². The molecule has 0 aliphatic heterocycles. The van der Waals surface area contributed by atoms with Crippen molar-refractivity contribution in [1.29, 1.82) is 0 Å². The smallest absolute Gasteiger partial charge is 0.416 e. The van der Waals surface area contributed by atoms with Crippen molar-refractivity contribution in [1.82, 2.24) is 15.1 Å². The maximum absolute atomic E-state index is 13.4. The van der Waals surface area contributed by atoms with Crippen molar-refractivity contribution in [3.8, 4) is 17.2 Å². The molecule has 0 aliphatic carbocycles. The van der Waals surface area contributed by atoms with Crippen molar-refractivity contribution >= 4 is 16.8 Å². The summed E-state index contributed by atoms with van der Waals surface area (Å²) in [7, 11) is 1.54. The first-order chi connectivity index (χ1) is 19.6. The summed E-state index contributed by atoms with van der Waals surface area (Å²) in [4.78, 5) is 13.0. The summed E-state index contributed by atoms with van der Waals surface area (Å²) < 4.78 is 65.7. The number of hydrogen-bond acceptors (Lipinski definition) is 4. The topological polar surface area (TPSA) is 65.4 Å². The van der Waals surface area contributed by atoms with Gasteiger partial charge in [0.2, 0.25) is 0 Å². The van der Waals surface area contributed by atoms with Gasteiger partial charge >= 0.3 is 6.18 Å². The van der Waals surface area contributed by atoms with Crippen LogP contribution in [0.4, 0.5) is 17.6 Å². The van der Waals surface area contributed by atoms with Crippen molar-refractivity contribution < 1.29 is 31.8 Å². The van der Waals surface area contributed by atoms with E-state index in [1.807, 2.05) is 12.1 Å². The fourth-order valence-electron chi connectivity index (χ4n) is 4.47. The van der Waals surface area contributed by atoms with Gasteiger partial charge in [-0.1, -0.05) is 12.1 Å². The Morgan fingerprint density at radius 1 is 0.927 bits per heavy atom. The number of nitrogens with one attached hydrogen (secondary N) is 1. The number of rotatable bonds is 8. The van der Waals surface area contributed by atoms with E-state index in [1.165, 1.54) is 19.2 Å². The molecule has 0 saturated carbocycles. The van der Waals surface area contributed by atoms with Crippen LogP contribution in [0, 0.1) is 5.82 Å². The summed E-state index contributed by atoms with van der Waals surface area (Å²) in [5.74, 6) is 0.204. The molecule has 1 heterocycles. The van der Waals surface area contributed by atoms with Gasteiger partial charge < -0.3 is 14.8 Å². The third-order valence-electron chi connectivity index (χ3n) is 6.58. The maximum atomic E-state index is 13.4. The number of carbonyl (C=O) groups excluding carboxylic acids is 1. The van der Waals surface area contributed by atoms with E-state index in [0.29, 0.717) is 22.7 Å². The minimum atomic E-state index is -4.50. The van der Waals surface area contributed by atoms with Crippen molar-refractivity contribution in [3.63, 3.8) is 0 Å². The van der Waals surface area contributed by atoms with Gasteiger partial charge in [0.25, 0.3) is 5.91 Å². The van der Waals surface area contributed by atoms with Crippen LogP contribution in [0.15, 0.2) is 97.2 Å². The Bertz CT molecular complexity index is 1670. The molecule has 4 aromatic carbocycles. The number of alkyl halides is 3. The minimum absolute atomic E-state index is 0.0869. The highest BCUT2D eigenvalue weighted by Gasteiger charge is 2.30. The molecule has 41 heavy (non-hydrogen) atoms. The number of fused-ring (bicyclic) bond motifs is 1. The molecule has 2 atom stereocenters. The highest BCUT2D eigenvalue weighted by Crippen LogP contribution is 2.31. The van der Waals surface area contributed by atoms with Crippen LogP contribution < -0.4 is 14.8 Å². The number of hydrogen-bond donors (Lipinski definition) is 1. The normalized spacial score (nSPS) is 13.0. The third kappa shape index (κ3) is 6.16. The zero-order valence-electron chi connectivity index (χ0n) is 22.0. The van der Waals surface area contributed by atoms with Gasteiger partial charge in [-0.05, 0) is 91.3 Å². The lowest BCUT2D eigenvalue weighted by atomic mass is 10.0. The van der Waals surface area contributed by atoms with Crippen molar-refractivity contribution in [2.24, 2.45) is 0 Å². The molecule has 210 valence electrons. The van der Waals surface area contributed by atoms with Crippen molar-refractivity contribution in [3.05, 3.63) is 120 Å². The number of carbonyl (C=O) groups is 1. The second-order valence-electron chi connectivity index (χ2n) is 9.41. The van der Waals surface area contributed by atoms with Crippen LogP contribution in [0.1, 0.15) is 34.5 Å². The lowest BCUT2D eigenvalue weighted by molar-refractivity contribution is -0.137. The summed E-state index contributed by atoms with van der Waals surface area (Å²) >= 11 is 0. The highest BCUT2D eigenvalue weighted by molar-refractivity contribution is 5.94. The van der Waals surface area contributed by atoms with E-state index in [4.69, 9.17) is 9.47 Å². The maximum Gasteiger partial charge on any atom is 0.416 e. The lowest BCUT2D eigenvalue weighted by Gasteiger charge is -2.27. The van der Waals surface area contributed by atoms with E-state index in [1.54, 1.807) is 60.3 Å². The molecule has 1 aromatic heterocycles. The second-order valence-corrected chi connectivity index (χ2v) is 9.41. The zero-order valence-corrected chi connectivity index (χ0v) is 22.0. The Hall–Kier alpha value is -4.86. The molecule has 1 N–H and O–H groups in total. The largest absolute Gasteiger partial charge is 0.497 e. The molecule has 0 bridgehead atoms. The Labute approximate surface area is 233 Å². The van der Waals surface area contributed by atoms with E-state index in [9.17, 15) is 22.4 Å². The monoisotopic (exact) mass is 563 g/mol. The number of nitrogens with zero attached hydrogens (tertiary/aromatic N) is 2. The molecule has 0 aliphatic rings. The Morgan fingerprint density at radius 2 is 1.66 bits per heavy atom. The number of benzene rings is 4. The number of halogens is 4. The van der Waals surface area contributed by atoms with Crippen LogP contribution >= 0.6 is 0 Å². The SMILES string of the molecule is COc1cccc(C(Oc2ccc3c(cnn3-c3ccc(F)cc3)c2)C(C)NC(=O)c2ccc(C(F)(F)F)cc2)c1. The lowest BCUT2D eigenvalue weighted by Crippen LogP contribution is -2.39. The van der Waals surface area contributed by atoms with Gasteiger partial charge in [0.05, 0.1) is 36.1 Å². The van der Waals surface area contributed by atoms with Crippen molar-refractivity contribution in [2.45, 2.75) is 25.2 Å². The fourth-order valence-corrected chi connectivity index (χ4v) is 4.47. The van der Waals surface area contributed by atoms with Crippen LogP contribution in [-0.4, -0.2) is 28.8 Å². The minimum Gasteiger partial charge on any atom is -0.497 e. The van der Waals surface area contributed by atoms with Gasteiger partial charge in [0, 0.05) is 10.9 Å². The predicted molar refractivity (Wildman–Crippen MR) is 146 cm³/mol. The molecule has 5 aromatic rings. The molecule has 0 spiro atoms. The Kier molecular flexibility index (Phi) is 7.65. The van der Waals surface area contributed by atoms with Crippen molar-refractivity contribution in [2.75, 3.05) is 7.11 Å². The van der Waals surface area contributed by atoms with Crippen LogP contribution in [-0.2, 0) is 6.18 Å². The number of methoxy groups -OCH3 is 1. The number of aromatic nitrogens is 2. The molecule has 6 nitrogen and oxygen atoms in total. The van der Waals surface area contributed by atoms with E-state index in [0.717, 1.165) is 35.2 Å². The first-order valence-electron chi connectivity index (χ1n) is 12.6. The van der Waals surface area contributed by atoms with Crippen LogP contribution in [0.2, 0.25) is 0 Å². The highest BCUT2D eigenvalue weighted by atomic mass is 19.4. The van der Waals surface area contributed by atoms with Gasteiger partial charge in [-0.15, -0.1) is 0 Å².